The van der Waals surface area contributed by atoms with Crippen LogP contribution in [-0.2, 0) is 21.2 Å². The summed E-state index contributed by atoms with van der Waals surface area (Å²) in [7, 11) is -3.40. The van der Waals surface area contributed by atoms with Gasteiger partial charge < -0.3 is 4.74 Å². The first-order chi connectivity index (χ1) is 9.60. The first-order valence-corrected chi connectivity index (χ1v) is 8.61. The normalized spacial score (nSPS) is 13.1. The second-order valence-electron chi connectivity index (χ2n) is 4.27. The van der Waals surface area contributed by atoms with Crippen molar-refractivity contribution in [1.82, 2.24) is 0 Å². The molecular formula is C15H15BrO3S. The molecule has 2 rings (SSSR count). The van der Waals surface area contributed by atoms with Crippen LogP contribution >= 0.6 is 15.9 Å². The Morgan fingerprint density at radius 3 is 2.10 bits per heavy atom. The van der Waals surface area contributed by atoms with E-state index in [9.17, 15) is 8.42 Å². The van der Waals surface area contributed by atoms with Gasteiger partial charge >= 0.3 is 0 Å². The molecule has 0 amide bonds. The van der Waals surface area contributed by atoms with Crippen molar-refractivity contribution in [2.24, 2.45) is 0 Å². The molecule has 5 heteroatoms. The zero-order chi connectivity index (χ0) is 14.4. The minimum atomic E-state index is -3.40. The number of rotatable bonds is 6. The van der Waals surface area contributed by atoms with Crippen LogP contribution in [0, 0.1) is 0 Å². The van der Waals surface area contributed by atoms with Gasteiger partial charge in [0, 0.05) is 0 Å². The van der Waals surface area contributed by atoms with Crippen molar-refractivity contribution in [3.8, 4) is 0 Å². The monoisotopic (exact) mass is 354 g/mol. The van der Waals surface area contributed by atoms with Gasteiger partial charge in [-0.25, -0.2) is 8.42 Å². The summed E-state index contributed by atoms with van der Waals surface area (Å²) < 4.78 is 29.2. The molecule has 0 radical (unpaired) electrons. The average molecular weight is 355 g/mol. The molecule has 20 heavy (non-hydrogen) atoms. The minimum absolute atomic E-state index is 0.103. The third-order valence-electron chi connectivity index (χ3n) is 2.77. The zero-order valence-corrected chi connectivity index (χ0v) is 13.2. The Morgan fingerprint density at radius 2 is 1.50 bits per heavy atom. The summed E-state index contributed by atoms with van der Waals surface area (Å²) in [6.45, 7) is 0.499. The molecule has 2 aromatic rings. The molecule has 2 aromatic carbocycles. The molecule has 0 spiro atoms. The van der Waals surface area contributed by atoms with Crippen molar-refractivity contribution < 1.29 is 13.2 Å². The third-order valence-corrected chi connectivity index (χ3v) is 6.25. The predicted molar refractivity (Wildman–Crippen MR) is 82.4 cm³/mol. The molecule has 0 saturated heterocycles. The molecule has 0 aliphatic heterocycles. The lowest BCUT2D eigenvalue weighted by Gasteiger charge is -2.12. The SMILES string of the molecule is O=S(=O)(c1ccccc1)C(Br)COCc1ccccc1. The van der Waals surface area contributed by atoms with Crippen molar-refractivity contribution >= 4 is 25.8 Å². The van der Waals surface area contributed by atoms with Gasteiger partial charge in [0.05, 0.1) is 18.1 Å². The van der Waals surface area contributed by atoms with Crippen molar-refractivity contribution in [2.75, 3.05) is 6.61 Å². The van der Waals surface area contributed by atoms with Crippen LogP contribution in [0.5, 0.6) is 0 Å². The quantitative estimate of drug-likeness (QED) is 0.746. The first-order valence-electron chi connectivity index (χ1n) is 6.15. The Balaban J connectivity index is 1.93. The number of alkyl halides is 1. The van der Waals surface area contributed by atoms with Crippen molar-refractivity contribution in [1.29, 1.82) is 0 Å². The third kappa shape index (κ3) is 3.91. The van der Waals surface area contributed by atoms with Gasteiger partial charge in [-0.2, -0.15) is 0 Å². The van der Waals surface area contributed by atoms with E-state index in [1.54, 1.807) is 30.3 Å². The second kappa shape index (κ2) is 7.02. The van der Waals surface area contributed by atoms with Crippen LogP contribution in [0.25, 0.3) is 0 Å². The van der Waals surface area contributed by atoms with Crippen LogP contribution in [-0.4, -0.2) is 19.2 Å². The molecular weight excluding hydrogens is 340 g/mol. The Kier molecular flexibility index (Phi) is 5.34. The van der Waals surface area contributed by atoms with E-state index < -0.39 is 14.0 Å². The summed E-state index contributed by atoms with van der Waals surface area (Å²) in [5, 5.41) is 0. The molecule has 0 N–H and O–H groups in total. The molecule has 1 unspecified atom stereocenters. The van der Waals surface area contributed by atoms with Crippen LogP contribution in [0.3, 0.4) is 0 Å². The number of hydrogen-bond acceptors (Lipinski definition) is 3. The lowest BCUT2D eigenvalue weighted by atomic mass is 10.2. The zero-order valence-electron chi connectivity index (χ0n) is 10.8. The van der Waals surface area contributed by atoms with Crippen molar-refractivity contribution in [2.45, 2.75) is 15.7 Å². The minimum Gasteiger partial charge on any atom is -0.375 e. The molecule has 0 aromatic heterocycles. The highest BCUT2D eigenvalue weighted by molar-refractivity contribution is 9.11. The van der Waals surface area contributed by atoms with Gasteiger partial charge in [0.1, 0.15) is 4.16 Å². The van der Waals surface area contributed by atoms with E-state index in [0.29, 0.717) is 11.5 Å². The van der Waals surface area contributed by atoms with Gasteiger partial charge in [0.2, 0.25) is 0 Å². The first kappa shape index (κ1) is 15.2. The van der Waals surface area contributed by atoms with Crippen LogP contribution in [0.1, 0.15) is 5.56 Å². The topological polar surface area (TPSA) is 43.4 Å². The molecule has 1 atom stereocenters. The fraction of sp³-hybridized carbons (Fsp3) is 0.200. The lowest BCUT2D eigenvalue weighted by Crippen LogP contribution is -2.20. The van der Waals surface area contributed by atoms with Gasteiger partial charge in [-0.05, 0) is 17.7 Å². The number of ether oxygens (including phenoxy) is 1. The fourth-order valence-corrected chi connectivity index (χ4v) is 3.63. The van der Waals surface area contributed by atoms with E-state index in [2.05, 4.69) is 15.9 Å². The van der Waals surface area contributed by atoms with Crippen LogP contribution < -0.4 is 0 Å². The average Bonchev–Trinajstić information content (AvgIpc) is 2.49. The lowest BCUT2D eigenvalue weighted by molar-refractivity contribution is 0.132. The molecule has 0 bridgehead atoms. The maximum absolute atomic E-state index is 12.2. The largest absolute Gasteiger partial charge is 0.375 e. The van der Waals surface area contributed by atoms with Crippen LogP contribution in [0.4, 0.5) is 0 Å². The van der Waals surface area contributed by atoms with Crippen molar-refractivity contribution in [3.05, 3.63) is 66.2 Å². The van der Waals surface area contributed by atoms with Crippen molar-refractivity contribution in [3.63, 3.8) is 0 Å². The summed E-state index contributed by atoms with van der Waals surface area (Å²) in [4.78, 5) is 0.296. The number of hydrogen-bond donors (Lipinski definition) is 0. The van der Waals surface area contributed by atoms with Gasteiger partial charge in [0.15, 0.2) is 9.84 Å². The van der Waals surface area contributed by atoms with E-state index in [0.717, 1.165) is 5.56 Å². The molecule has 0 aliphatic carbocycles. The maximum Gasteiger partial charge on any atom is 0.193 e. The standard InChI is InChI=1S/C15H15BrO3S/c16-15(12-19-11-13-7-3-1-4-8-13)20(17,18)14-9-5-2-6-10-14/h1-10,15H,11-12H2. The van der Waals surface area contributed by atoms with E-state index >= 15 is 0 Å². The number of halogens is 1. The number of benzene rings is 2. The highest BCUT2D eigenvalue weighted by atomic mass is 79.9. The van der Waals surface area contributed by atoms with Crippen LogP contribution in [0.15, 0.2) is 65.6 Å². The van der Waals surface area contributed by atoms with Gasteiger partial charge in [-0.15, -0.1) is 0 Å². The Hall–Kier alpha value is -1.17. The summed E-state index contributed by atoms with van der Waals surface area (Å²) in [5.74, 6) is 0. The fourth-order valence-electron chi connectivity index (χ4n) is 1.69. The van der Waals surface area contributed by atoms with Crippen LogP contribution in [0.2, 0.25) is 0 Å². The summed E-state index contributed by atoms with van der Waals surface area (Å²) >= 11 is 3.20. The molecule has 3 nitrogen and oxygen atoms in total. The predicted octanol–water partition coefficient (Wildman–Crippen LogP) is 3.40. The van der Waals surface area contributed by atoms with E-state index in [4.69, 9.17) is 4.74 Å². The summed E-state index contributed by atoms with van der Waals surface area (Å²) in [6, 6.07) is 18.0. The second-order valence-corrected chi connectivity index (χ2v) is 8.11. The molecule has 0 aliphatic rings. The highest BCUT2D eigenvalue weighted by Gasteiger charge is 2.24. The Bertz CT molecular complexity index is 627. The van der Waals surface area contributed by atoms with E-state index in [1.807, 2.05) is 30.3 Å². The van der Waals surface area contributed by atoms with Gasteiger partial charge in [-0.1, -0.05) is 64.5 Å². The highest BCUT2D eigenvalue weighted by Crippen LogP contribution is 2.20. The summed E-state index contributed by atoms with van der Waals surface area (Å²) in [5.41, 5.74) is 1.02. The molecule has 106 valence electrons. The maximum atomic E-state index is 12.2. The van der Waals surface area contributed by atoms with E-state index in [-0.39, 0.29) is 6.61 Å². The molecule has 0 heterocycles. The van der Waals surface area contributed by atoms with E-state index in [1.165, 1.54) is 0 Å². The number of sulfone groups is 1. The smallest absolute Gasteiger partial charge is 0.193 e. The Labute approximate surface area is 127 Å². The Morgan fingerprint density at radius 1 is 0.950 bits per heavy atom. The van der Waals surface area contributed by atoms with Gasteiger partial charge in [0.25, 0.3) is 0 Å². The summed E-state index contributed by atoms with van der Waals surface area (Å²) in [6.07, 6.45) is 0. The molecule has 0 fully saturated rings. The molecule has 0 saturated carbocycles. The van der Waals surface area contributed by atoms with Gasteiger partial charge in [-0.3, -0.25) is 0 Å².